The molecule has 1 aliphatic carbocycles. The highest BCUT2D eigenvalue weighted by Crippen LogP contribution is 2.46. The first-order chi connectivity index (χ1) is 22.8. The molecule has 48 heavy (non-hydrogen) atoms. The molecule has 0 aromatic heterocycles. The SMILES string of the molecule is COC(=O)N[C@H](C(=O)NN(CC[C@]1(Cc2ccccc2)C(=O)N([C@H]2c3ccccc3C[C@H]2O)C[C@H]1O)Cc1ccc(Br)cc1)C(C)(C)C. The number of benzene rings is 3. The zero-order valence-electron chi connectivity index (χ0n) is 27.9. The standard InChI is InChI=1S/C37H45BrN4O6/c1-36(2,3)32(39-35(47)48-4)33(45)40-41(22-25-14-16-27(38)17-15-25)19-18-37(21-24-10-6-5-7-11-24)30(44)23-42(34(37)46)31-28-13-9-8-12-26(28)20-29(31)43/h5-17,29-32,43-44H,18-23H2,1-4H3,(H,39,47)(H,40,45)/t29-,30-,31+,32-,37-/m1/s1. The van der Waals surface area contributed by atoms with Crippen molar-refractivity contribution >= 4 is 33.8 Å². The van der Waals surface area contributed by atoms with Crippen LogP contribution in [0.15, 0.2) is 83.3 Å². The predicted molar refractivity (Wildman–Crippen MR) is 185 cm³/mol. The molecule has 256 valence electrons. The van der Waals surface area contributed by atoms with Gasteiger partial charge in [-0.2, -0.15) is 0 Å². The van der Waals surface area contributed by atoms with Crippen LogP contribution in [0.25, 0.3) is 0 Å². The van der Waals surface area contributed by atoms with Gasteiger partial charge in [0.1, 0.15) is 6.04 Å². The third-order valence-electron chi connectivity index (χ3n) is 9.52. The number of alkyl carbamates (subject to hydrolysis) is 1. The summed E-state index contributed by atoms with van der Waals surface area (Å²) in [7, 11) is 1.25. The fraction of sp³-hybridized carbons (Fsp3) is 0.432. The van der Waals surface area contributed by atoms with Gasteiger partial charge in [0.25, 0.3) is 5.91 Å². The molecule has 3 aromatic carbocycles. The summed E-state index contributed by atoms with van der Waals surface area (Å²) in [5, 5.41) is 27.4. The van der Waals surface area contributed by atoms with Gasteiger partial charge in [-0.25, -0.2) is 9.80 Å². The minimum Gasteiger partial charge on any atom is -0.453 e. The van der Waals surface area contributed by atoms with Crippen molar-refractivity contribution in [3.8, 4) is 0 Å². The van der Waals surface area contributed by atoms with Crippen LogP contribution < -0.4 is 10.7 Å². The molecule has 10 nitrogen and oxygen atoms in total. The maximum absolute atomic E-state index is 14.7. The molecule has 1 aliphatic heterocycles. The van der Waals surface area contributed by atoms with Gasteiger partial charge in [0, 0.05) is 30.5 Å². The van der Waals surface area contributed by atoms with Crippen molar-refractivity contribution < 1.29 is 29.3 Å². The predicted octanol–water partition coefficient (Wildman–Crippen LogP) is 4.53. The summed E-state index contributed by atoms with van der Waals surface area (Å²) in [6.07, 6.45) is -1.60. The molecule has 3 aromatic rings. The number of β-amino-alcohol motifs (C(OH)–C–C–N with tert-alkyl or cyclic N) is 1. The second kappa shape index (κ2) is 14.8. The lowest BCUT2D eigenvalue weighted by molar-refractivity contribution is -0.142. The number of nitrogens with zero attached hydrogens (tertiary/aromatic N) is 2. The molecule has 2 aliphatic rings. The summed E-state index contributed by atoms with van der Waals surface area (Å²) in [6, 6.07) is 23.6. The Labute approximate surface area is 290 Å². The largest absolute Gasteiger partial charge is 0.453 e. The number of halogens is 1. The van der Waals surface area contributed by atoms with Crippen LogP contribution >= 0.6 is 15.9 Å². The number of rotatable bonds is 11. The van der Waals surface area contributed by atoms with Crippen LogP contribution in [0, 0.1) is 10.8 Å². The van der Waals surface area contributed by atoms with Crippen LogP contribution in [-0.4, -0.2) is 76.5 Å². The van der Waals surface area contributed by atoms with Crippen molar-refractivity contribution in [1.29, 1.82) is 0 Å². The zero-order chi connectivity index (χ0) is 34.6. The van der Waals surface area contributed by atoms with Crippen LogP contribution in [0.1, 0.15) is 55.5 Å². The van der Waals surface area contributed by atoms with Gasteiger partial charge in [0.05, 0.1) is 30.8 Å². The van der Waals surface area contributed by atoms with E-state index in [1.54, 1.807) is 9.91 Å². The highest BCUT2D eigenvalue weighted by Gasteiger charge is 2.56. The van der Waals surface area contributed by atoms with E-state index in [0.717, 1.165) is 26.7 Å². The number of nitrogens with one attached hydrogen (secondary N) is 2. The molecule has 0 spiro atoms. The van der Waals surface area contributed by atoms with Crippen molar-refractivity contribution in [3.05, 3.63) is 106 Å². The van der Waals surface area contributed by atoms with Crippen LogP contribution in [0.3, 0.4) is 0 Å². The first-order valence-electron chi connectivity index (χ1n) is 16.3. The molecular formula is C37H45BrN4O6. The lowest BCUT2D eigenvalue weighted by Crippen LogP contribution is -2.57. The smallest absolute Gasteiger partial charge is 0.407 e. The van der Waals surface area contributed by atoms with E-state index in [0.29, 0.717) is 13.0 Å². The quantitative estimate of drug-likeness (QED) is 0.214. The summed E-state index contributed by atoms with van der Waals surface area (Å²) in [5.41, 5.74) is 4.84. The van der Waals surface area contributed by atoms with E-state index in [1.165, 1.54) is 7.11 Å². The van der Waals surface area contributed by atoms with Crippen LogP contribution in [0.4, 0.5) is 4.79 Å². The maximum Gasteiger partial charge on any atom is 0.407 e. The summed E-state index contributed by atoms with van der Waals surface area (Å²) in [6.45, 7) is 6.13. The fourth-order valence-corrected chi connectivity index (χ4v) is 7.21. The molecular weight excluding hydrogens is 676 g/mol. The van der Waals surface area contributed by atoms with E-state index in [4.69, 9.17) is 4.74 Å². The van der Waals surface area contributed by atoms with Gasteiger partial charge in [0.2, 0.25) is 5.91 Å². The minimum absolute atomic E-state index is 0.0793. The van der Waals surface area contributed by atoms with Gasteiger partial charge in [-0.3, -0.25) is 15.0 Å². The highest BCUT2D eigenvalue weighted by atomic mass is 79.9. The molecule has 3 amide bonds. The first-order valence-corrected chi connectivity index (χ1v) is 17.0. The number of hydrazine groups is 1. The molecule has 1 heterocycles. The lowest BCUT2D eigenvalue weighted by Gasteiger charge is -2.36. The summed E-state index contributed by atoms with van der Waals surface area (Å²) >= 11 is 3.47. The molecule has 1 fully saturated rings. The van der Waals surface area contributed by atoms with Crippen molar-refractivity contribution in [2.75, 3.05) is 20.2 Å². The molecule has 5 rings (SSSR count). The number of ether oxygens (including phenoxy) is 1. The van der Waals surface area contributed by atoms with E-state index >= 15 is 0 Å². The Hall–Kier alpha value is -3.77. The molecule has 11 heteroatoms. The van der Waals surface area contributed by atoms with Crippen LogP contribution in [-0.2, 0) is 33.7 Å². The summed E-state index contributed by atoms with van der Waals surface area (Å²) in [5.74, 6) is -0.665. The number of likely N-dealkylation sites (tertiary alicyclic amines) is 1. The molecule has 0 unspecified atom stereocenters. The third kappa shape index (κ3) is 7.75. The van der Waals surface area contributed by atoms with E-state index in [-0.39, 0.29) is 31.8 Å². The van der Waals surface area contributed by atoms with Crippen LogP contribution in [0.5, 0.6) is 0 Å². The molecule has 0 radical (unpaired) electrons. The second-order valence-corrected chi connectivity index (χ2v) is 14.8. The van der Waals surface area contributed by atoms with E-state index in [2.05, 4.69) is 26.7 Å². The number of methoxy groups -OCH3 is 1. The van der Waals surface area contributed by atoms with Gasteiger partial charge < -0.3 is 25.2 Å². The maximum atomic E-state index is 14.7. The van der Waals surface area contributed by atoms with E-state index < -0.39 is 47.1 Å². The van der Waals surface area contributed by atoms with Gasteiger partial charge in [-0.05, 0) is 52.6 Å². The fourth-order valence-electron chi connectivity index (χ4n) is 6.95. The number of amides is 3. The van der Waals surface area contributed by atoms with Crippen molar-refractivity contribution in [2.24, 2.45) is 10.8 Å². The average molecular weight is 722 g/mol. The Morgan fingerprint density at radius 3 is 2.35 bits per heavy atom. The summed E-state index contributed by atoms with van der Waals surface area (Å²) < 4.78 is 5.70. The van der Waals surface area contributed by atoms with Crippen molar-refractivity contribution in [3.63, 3.8) is 0 Å². The Balaban J connectivity index is 1.46. The molecule has 5 atom stereocenters. The van der Waals surface area contributed by atoms with Gasteiger partial charge in [-0.15, -0.1) is 0 Å². The zero-order valence-corrected chi connectivity index (χ0v) is 29.4. The molecule has 4 N–H and O–H groups in total. The molecule has 0 saturated carbocycles. The molecule has 0 bridgehead atoms. The number of fused-ring (bicyclic) bond motifs is 1. The number of aliphatic hydroxyl groups excluding tert-OH is 2. The Morgan fingerprint density at radius 1 is 1.02 bits per heavy atom. The Kier molecular flexibility index (Phi) is 10.9. The Bertz CT molecular complexity index is 1600. The number of hydrogen-bond donors (Lipinski definition) is 4. The number of carbonyl (C=O) groups excluding carboxylic acids is 3. The normalized spacial score (nSPS) is 22.8. The monoisotopic (exact) mass is 720 g/mol. The second-order valence-electron chi connectivity index (χ2n) is 13.9. The lowest BCUT2D eigenvalue weighted by atomic mass is 9.75. The van der Waals surface area contributed by atoms with Gasteiger partial charge in [-0.1, -0.05) is 103 Å². The first kappa shape index (κ1) is 35.5. The van der Waals surface area contributed by atoms with Crippen molar-refractivity contribution in [2.45, 2.75) is 70.9 Å². The minimum atomic E-state index is -1.23. The third-order valence-corrected chi connectivity index (χ3v) is 10.0. The topological polar surface area (TPSA) is 131 Å². The highest BCUT2D eigenvalue weighted by molar-refractivity contribution is 9.10. The molecule has 1 saturated heterocycles. The number of aliphatic hydroxyl groups is 2. The van der Waals surface area contributed by atoms with Crippen LogP contribution in [0.2, 0.25) is 0 Å². The number of hydrogen-bond acceptors (Lipinski definition) is 7. The summed E-state index contributed by atoms with van der Waals surface area (Å²) in [4.78, 5) is 42.3. The van der Waals surface area contributed by atoms with Gasteiger partial charge in [0.15, 0.2) is 0 Å². The average Bonchev–Trinajstić information content (AvgIpc) is 3.50. The Morgan fingerprint density at radius 2 is 1.69 bits per heavy atom. The van der Waals surface area contributed by atoms with Crippen molar-refractivity contribution in [1.82, 2.24) is 20.7 Å². The van der Waals surface area contributed by atoms with E-state index in [9.17, 15) is 24.6 Å². The van der Waals surface area contributed by atoms with E-state index in [1.807, 2.05) is 99.6 Å². The van der Waals surface area contributed by atoms with Gasteiger partial charge >= 0.3 is 6.09 Å². The number of carbonyl (C=O) groups is 3.